The van der Waals surface area contributed by atoms with Gasteiger partial charge in [-0.1, -0.05) is 30.3 Å². The van der Waals surface area contributed by atoms with Crippen LogP contribution in [0.1, 0.15) is 51.5 Å². The predicted octanol–water partition coefficient (Wildman–Crippen LogP) is 3.37. The molecule has 1 aromatic heterocycles. The molecule has 0 radical (unpaired) electrons. The number of rotatable bonds is 4. The lowest BCUT2D eigenvalue weighted by Gasteiger charge is -2.22. The summed E-state index contributed by atoms with van der Waals surface area (Å²) in [6.07, 6.45) is 0. The quantitative estimate of drug-likeness (QED) is 0.876. The molecule has 0 aliphatic carbocycles. The first-order valence-corrected chi connectivity index (χ1v) is 6.96. The van der Waals surface area contributed by atoms with Gasteiger partial charge in [0.25, 0.3) is 0 Å². The Labute approximate surface area is 121 Å². The lowest BCUT2D eigenvalue weighted by Crippen LogP contribution is -2.18. The number of aromatic nitrogens is 1. The van der Waals surface area contributed by atoms with E-state index in [0.717, 1.165) is 16.9 Å². The van der Waals surface area contributed by atoms with Crippen LogP contribution in [0.4, 0.5) is 0 Å². The van der Waals surface area contributed by atoms with Crippen LogP contribution in [0.25, 0.3) is 0 Å². The van der Waals surface area contributed by atoms with Crippen LogP contribution in [0.3, 0.4) is 0 Å². The van der Waals surface area contributed by atoms with Gasteiger partial charge in [-0.25, -0.2) is 9.78 Å². The number of carbonyl (C=O) groups is 2. The van der Waals surface area contributed by atoms with E-state index in [4.69, 9.17) is 5.11 Å². The largest absolute Gasteiger partial charge is 0.476 e. The number of ketones is 1. The number of carboxylic acid groups (broad SMARTS) is 1. The average Bonchev–Trinajstić information content (AvgIpc) is 2.85. The number of aromatic carboxylic acids is 1. The van der Waals surface area contributed by atoms with Crippen LogP contribution >= 0.6 is 11.3 Å². The summed E-state index contributed by atoms with van der Waals surface area (Å²) < 4.78 is 0. The SMILES string of the molecule is CC(=O)c1sc(C(C)(C)c2ccccc2)nc1C(=O)O. The number of carboxylic acids is 1. The maximum atomic E-state index is 11.6. The van der Waals surface area contributed by atoms with Crippen molar-refractivity contribution in [2.75, 3.05) is 0 Å². The molecular weight excluding hydrogens is 274 g/mol. The third kappa shape index (κ3) is 2.49. The first-order chi connectivity index (χ1) is 9.34. The molecule has 0 aliphatic rings. The van der Waals surface area contributed by atoms with Crippen LogP contribution in [0.5, 0.6) is 0 Å². The Morgan fingerprint density at radius 1 is 1.20 bits per heavy atom. The zero-order valence-corrected chi connectivity index (χ0v) is 12.3. The number of hydrogen-bond acceptors (Lipinski definition) is 4. The standard InChI is InChI=1S/C15H15NO3S/c1-9(17)12-11(13(18)19)16-14(20-12)15(2,3)10-7-5-4-6-8-10/h4-8H,1-3H3,(H,18,19). The Kier molecular flexibility index (Phi) is 3.72. The van der Waals surface area contributed by atoms with Crippen LogP contribution in [0, 0.1) is 0 Å². The molecule has 0 unspecified atom stereocenters. The molecule has 0 spiro atoms. The van der Waals surface area contributed by atoms with E-state index in [1.165, 1.54) is 6.92 Å². The van der Waals surface area contributed by atoms with Gasteiger partial charge in [0.1, 0.15) is 9.88 Å². The highest BCUT2D eigenvalue weighted by molar-refractivity contribution is 7.14. The average molecular weight is 289 g/mol. The normalized spacial score (nSPS) is 11.3. The summed E-state index contributed by atoms with van der Waals surface area (Å²) in [5.74, 6) is -1.43. The minimum atomic E-state index is -1.17. The molecule has 0 saturated heterocycles. The van der Waals surface area contributed by atoms with Gasteiger partial charge in [0, 0.05) is 12.3 Å². The Balaban J connectivity index is 2.56. The highest BCUT2D eigenvalue weighted by Crippen LogP contribution is 2.35. The van der Waals surface area contributed by atoms with Crippen molar-refractivity contribution in [2.45, 2.75) is 26.2 Å². The first-order valence-electron chi connectivity index (χ1n) is 6.15. The molecule has 0 bridgehead atoms. The minimum Gasteiger partial charge on any atom is -0.476 e. The summed E-state index contributed by atoms with van der Waals surface area (Å²) in [5, 5.41) is 9.79. The highest BCUT2D eigenvalue weighted by Gasteiger charge is 2.30. The molecule has 0 aliphatic heterocycles. The van der Waals surface area contributed by atoms with Crippen LogP contribution in [-0.4, -0.2) is 21.8 Å². The van der Waals surface area contributed by atoms with Gasteiger partial charge in [-0.05, 0) is 19.4 Å². The Bertz CT molecular complexity index is 628. The number of nitrogens with zero attached hydrogens (tertiary/aromatic N) is 1. The lowest BCUT2D eigenvalue weighted by atomic mass is 9.85. The number of thiazole rings is 1. The molecule has 0 amide bonds. The molecule has 4 nitrogen and oxygen atoms in total. The van der Waals surface area contributed by atoms with Crippen LogP contribution < -0.4 is 0 Å². The molecule has 0 saturated carbocycles. The summed E-state index contributed by atoms with van der Waals surface area (Å²) in [4.78, 5) is 27.1. The van der Waals surface area contributed by atoms with Crippen LogP contribution in [0.15, 0.2) is 30.3 Å². The van der Waals surface area contributed by atoms with E-state index < -0.39 is 11.4 Å². The molecule has 2 aromatic rings. The van der Waals surface area contributed by atoms with Crippen LogP contribution in [-0.2, 0) is 5.41 Å². The van der Waals surface area contributed by atoms with Gasteiger partial charge in [0.2, 0.25) is 0 Å². The number of carbonyl (C=O) groups excluding carboxylic acids is 1. The Hall–Kier alpha value is -2.01. The first kappa shape index (κ1) is 14.4. The minimum absolute atomic E-state index is 0.151. The van der Waals surface area contributed by atoms with E-state index in [9.17, 15) is 9.59 Å². The molecule has 5 heteroatoms. The molecule has 0 atom stereocenters. The van der Waals surface area contributed by atoms with Gasteiger partial charge < -0.3 is 5.11 Å². The number of Topliss-reactive ketones (excluding diaryl/α,β-unsaturated/α-hetero) is 1. The molecule has 104 valence electrons. The van der Waals surface area contributed by atoms with Crippen LogP contribution in [0.2, 0.25) is 0 Å². The Morgan fingerprint density at radius 3 is 2.25 bits per heavy atom. The van der Waals surface area contributed by atoms with Crippen molar-refractivity contribution >= 4 is 23.1 Å². The third-order valence-corrected chi connectivity index (χ3v) is 4.66. The molecule has 20 heavy (non-hydrogen) atoms. The monoisotopic (exact) mass is 289 g/mol. The third-order valence-electron chi connectivity index (χ3n) is 3.18. The van der Waals surface area contributed by atoms with Gasteiger partial charge in [-0.3, -0.25) is 4.79 Å². The molecule has 1 heterocycles. The maximum absolute atomic E-state index is 11.6. The van der Waals surface area contributed by atoms with Crippen molar-refractivity contribution in [3.8, 4) is 0 Å². The van der Waals surface area contributed by atoms with Gasteiger partial charge in [0.15, 0.2) is 11.5 Å². The van der Waals surface area contributed by atoms with Crippen molar-refractivity contribution in [1.29, 1.82) is 0 Å². The molecule has 0 fully saturated rings. The zero-order valence-electron chi connectivity index (χ0n) is 11.5. The molecule has 1 aromatic carbocycles. The van der Waals surface area contributed by atoms with Crippen molar-refractivity contribution in [1.82, 2.24) is 4.98 Å². The van der Waals surface area contributed by atoms with E-state index in [1.54, 1.807) is 0 Å². The van der Waals surface area contributed by atoms with Crippen molar-refractivity contribution in [2.24, 2.45) is 0 Å². The molecular formula is C15H15NO3S. The van der Waals surface area contributed by atoms with Gasteiger partial charge in [-0.2, -0.15) is 0 Å². The van der Waals surface area contributed by atoms with E-state index >= 15 is 0 Å². The van der Waals surface area contributed by atoms with Crippen molar-refractivity contribution < 1.29 is 14.7 Å². The second kappa shape index (κ2) is 5.17. The molecule has 2 rings (SSSR count). The highest BCUT2D eigenvalue weighted by atomic mass is 32.1. The second-order valence-corrected chi connectivity index (χ2v) is 6.05. The lowest BCUT2D eigenvalue weighted by molar-refractivity contribution is 0.0686. The number of hydrogen-bond donors (Lipinski definition) is 1. The topological polar surface area (TPSA) is 67.3 Å². The van der Waals surface area contributed by atoms with Gasteiger partial charge >= 0.3 is 5.97 Å². The van der Waals surface area contributed by atoms with E-state index in [2.05, 4.69) is 4.98 Å². The molecule has 1 N–H and O–H groups in total. The van der Waals surface area contributed by atoms with E-state index in [1.807, 2.05) is 44.2 Å². The Morgan fingerprint density at radius 2 is 1.80 bits per heavy atom. The van der Waals surface area contributed by atoms with Gasteiger partial charge in [-0.15, -0.1) is 11.3 Å². The van der Waals surface area contributed by atoms with Crippen molar-refractivity contribution in [3.63, 3.8) is 0 Å². The van der Waals surface area contributed by atoms with E-state index in [-0.39, 0.29) is 16.4 Å². The smallest absolute Gasteiger partial charge is 0.356 e. The predicted molar refractivity (Wildman–Crippen MR) is 77.6 cm³/mol. The fourth-order valence-electron chi connectivity index (χ4n) is 1.95. The summed E-state index contributed by atoms with van der Waals surface area (Å²) in [5.41, 5.74) is 0.436. The zero-order chi connectivity index (χ0) is 14.9. The second-order valence-electron chi connectivity index (χ2n) is 5.05. The van der Waals surface area contributed by atoms with Gasteiger partial charge in [0.05, 0.1) is 0 Å². The summed E-state index contributed by atoms with van der Waals surface area (Å²) in [6, 6.07) is 9.71. The fourth-order valence-corrected chi connectivity index (χ4v) is 3.03. The summed E-state index contributed by atoms with van der Waals surface area (Å²) in [7, 11) is 0. The number of benzene rings is 1. The summed E-state index contributed by atoms with van der Waals surface area (Å²) >= 11 is 1.16. The fraction of sp³-hybridized carbons (Fsp3) is 0.267. The maximum Gasteiger partial charge on any atom is 0.356 e. The van der Waals surface area contributed by atoms with E-state index in [0.29, 0.717) is 5.01 Å². The summed E-state index contributed by atoms with van der Waals surface area (Å²) in [6.45, 7) is 5.30. The van der Waals surface area contributed by atoms with Crippen molar-refractivity contribution in [3.05, 3.63) is 51.5 Å².